The van der Waals surface area contributed by atoms with Gasteiger partial charge < -0.3 is 10.7 Å². The van der Waals surface area contributed by atoms with Gasteiger partial charge in [-0.25, -0.2) is 0 Å². The Hall–Kier alpha value is -0.990. The van der Waals surface area contributed by atoms with E-state index >= 15 is 0 Å². The van der Waals surface area contributed by atoms with Gasteiger partial charge in [-0.2, -0.15) is 0 Å². The maximum Gasteiger partial charge on any atom is 0.0471 e. The molecule has 0 saturated carbocycles. The van der Waals surface area contributed by atoms with Crippen LogP contribution in [0.15, 0.2) is 24.4 Å². The summed E-state index contributed by atoms with van der Waals surface area (Å²) < 4.78 is 0. The normalized spacial score (nSPS) is 13.6. The lowest BCUT2D eigenvalue weighted by molar-refractivity contribution is 0.509. The van der Waals surface area contributed by atoms with Crippen molar-refractivity contribution in [3.63, 3.8) is 0 Å². The van der Waals surface area contributed by atoms with Crippen molar-refractivity contribution < 1.29 is 0 Å². The first-order chi connectivity index (χ1) is 7.63. The largest absolute Gasteiger partial charge is 0.361 e. The minimum Gasteiger partial charge on any atom is -0.361 e. The van der Waals surface area contributed by atoms with Crippen molar-refractivity contribution in [1.29, 1.82) is 0 Å². The van der Waals surface area contributed by atoms with Gasteiger partial charge in [-0.3, -0.25) is 0 Å². The van der Waals surface area contributed by atoms with E-state index in [0.29, 0.717) is 18.4 Å². The molecule has 1 aromatic carbocycles. The van der Waals surface area contributed by atoms with Crippen molar-refractivity contribution in [2.75, 3.05) is 6.54 Å². The highest BCUT2D eigenvalue weighted by molar-refractivity contribution is 6.31. The van der Waals surface area contributed by atoms with Crippen LogP contribution in [0, 0.1) is 5.92 Å². The summed E-state index contributed by atoms with van der Waals surface area (Å²) in [6.45, 7) is 5.08. The van der Waals surface area contributed by atoms with Gasteiger partial charge in [-0.1, -0.05) is 31.5 Å². The Morgan fingerprint density at radius 3 is 2.75 bits per heavy atom. The van der Waals surface area contributed by atoms with Crippen molar-refractivity contribution in [3.05, 3.63) is 35.0 Å². The van der Waals surface area contributed by atoms with Crippen LogP contribution in [0.3, 0.4) is 0 Å². The molecule has 1 aromatic heterocycles. The summed E-state index contributed by atoms with van der Waals surface area (Å²) in [5, 5.41) is 1.99. The molecule has 0 aliphatic heterocycles. The molecule has 0 aliphatic rings. The lowest BCUT2D eigenvalue weighted by Crippen LogP contribution is -2.17. The first-order valence-electron chi connectivity index (χ1n) is 5.60. The molecule has 0 spiro atoms. The molecule has 3 N–H and O–H groups in total. The molecular formula is C13H17ClN2. The lowest BCUT2D eigenvalue weighted by atomic mass is 9.88. The molecule has 16 heavy (non-hydrogen) atoms. The molecule has 1 atom stereocenters. The average Bonchev–Trinajstić information content (AvgIpc) is 2.62. The van der Waals surface area contributed by atoms with Gasteiger partial charge in [-0.05, 0) is 30.2 Å². The zero-order chi connectivity index (χ0) is 11.7. The second-order valence-electron chi connectivity index (χ2n) is 4.52. The second-order valence-corrected chi connectivity index (χ2v) is 4.96. The number of hydrogen-bond donors (Lipinski definition) is 2. The Bertz CT molecular complexity index is 488. The smallest absolute Gasteiger partial charge is 0.0471 e. The highest BCUT2D eigenvalue weighted by atomic mass is 35.5. The van der Waals surface area contributed by atoms with E-state index < -0.39 is 0 Å². The first-order valence-corrected chi connectivity index (χ1v) is 5.98. The number of nitrogens with two attached hydrogens (primary N) is 1. The third kappa shape index (κ3) is 1.95. The minimum atomic E-state index is 0.398. The molecule has 0 radical (unpaired) electrons. The van der Waals surface area contributed by atoms with Gasteiger partial charge in [0.1, 0.15) is 0 Å². The van der Waals surface area contributed by atoms with E-state index in [2.05, 4.69) is 31.1 Å². The first kappa shape index (κ1) is 11.5. The van der Waals surface area contributed by atoms with Crippen molar-refractivity contribution in [1.82, 2.24) is 4.98 Å². The van der Waals surface area contributed by atoms with Crippen LogP contribution < -0.4 is 5.73 Å². The van der Waals surface area contributed by atoms with E-state index in [0.717, 1.165) is 10.5 Å². The Morgan fingerprint density at radius 2 is 2.12 bits per heavy atom. The number of fused-ring (bicyclic) bond motifs is 1. The van der Waals surface area contributed by atoms with Crippen LogP contribution >= 0.6 is 11.6 Å². The van der Waals surface area contributed by atoms with Crippen LogP contribution in [0.2, 0.25) is 5.02 Å². The molecule has 86 valence electrons. The third-order valence-electron chi connectivity index (χ3n) is 3.13. The Kier molecular flexibility index (Phi) is 3.22. The van der Waals surface area contributed by atoms with Crippen LogP contribution in [0.1, 0.15) is 25.3 Å². The van der Waals surface area contributed by atoms with Crippen molar-refractivity contribution in [2.45, 2.75) is 19.8 Å². The molecule has 0 fully saturated rings. The fraction of sp³-hybridized carbons (Fsp3) is 0.385. The van der Waals surface area contributed by atoms with Crippen molar-refractivity contribution in [3.8, 4) is 0 Å². The number of nitrogens with one attached hydrogen (secondary N) is 1. The molecule has 1 unspecified atom stereocenters. The van der Waals surface area contributed by atoms with Gasteiger partial charge in [0, 0.05) is 28.0 Å². The van der Waals surface area contributed by atoms with Gasteiger partial charge in [0.25, 0.3) is 0 Å². The van der Waals surface area contributed by atoms with Crippen molar-refractivity contribution in [2.24, 2.45) is 11.7 Å². The van der Waals surface area contributed by atoms with Gasteiger partial charge in [-0.15, -0.1) is 0 Å². The van der Waals surface area contributed by atoms with Crippen LogP contribution in [0.5, 0.6) is 0 Å². The lowest BCUT2D eigenvalue weighted by Gasteiger charge is -2.18. The molecule has 0 saturated heterocycles. The van der Waals surface area contributed by atoms with Crippen molar-refractivity contribution >= 4 is 22.5 Å². The monoisotopic (exact) mass is 236 g/mol. The number of aromatic amines is 1. The molecule has 2 nitrogen and oxygen atoms in total. The number of halogens is 1. The van der Waals surface area contributed by atoms with Gasteiger partial charge >= 0.3 is 0 Å². The average molecular weight is 237 g/mol. The second kappa shape index (κ2) is 4.48. The van der Waals surface area contributed by atoms with Crippen LogP contribution in [0.25, 0.3) is 10.9 Å². The van der Waals surface area contributed by atoms with E-state index in [1.54, 1.807) is 0 Å². The van der Waals surface area contributed by atoms with E-state index in [1.807, 2.05) is 12.1 Å². The Balaban J connectivity index is 2.52. The Morgan fingerprint density at radius 1 is 1.38 bits per heavy atom. The number of aromatic nitrogens is 1. The highest BCUT2D eigenvalue weighted by Gasteiger charge is 2.17. The zero-order valence-electron chi connectivity index (χ0n) is 9.63. The zero-order valence-corrected chi connectivity index (χ0v) is 10.4. The Labute approximate surface area is 101 Å². The van der Waals surface area contributed by atoms with Gasteiger partial charge in [0.05, 0.1) is 0 Å². The van der Waals surface area contributed by atoms with Crippen LogP contribution in [-0.4, -0.2) is 11.5 Å². The summed E-state index contributed by atoms with van der Waals surface area (Å²) in [5.41, 5.74) is 8.23. The quantitative estimate of drug-likeness (QED) is 0.841. The third-order valence-corrected chi connectivity index (χ3v) is 3.37. The maximum atomic E-state index is 5.96. The fourth-order valence-corrected chi connectivity index (χ4v) is 2.36. The van der Waals surface area contributed by atoms with E-state index in [9.17, 15) is 0 Å². The molecule has 2 rings (SSSR count). The maximum absolute atomic E-state index is 5.96. The summed E-state index contributed by atoms with van der Waals surface area (Å²) in [6.07, 6.45) is 2.05. The number of benzene rings is 1. The van der Waals surface area contributed by atoms with E-state index in [1.165, 1.54) is 10.9 Å². The summed E-state index contributed by atoms with van der Waals surface area (Å²) in [7, 11) is 0. The summed E-state index contributed by atoms with van der Waals surface area (Å²) in [5.74, 6) is 0.939. The molecule has 2 aromatic rings. The summed E-state index contributed by atoms with van der Waals surface area (Å²) in [6, 6.07) is 5.94. The molecule has 0 aliphatic carbocycles. The highest BCUT2D eigenvalue weighted by Crippen LogP contribution is 2.31. The standard InChI is InChI=1S/C13H17ClN2/c1-8(2)11(6-15)12-7-16-13-5-9(14)3-4-10(12)13/h3-5,7-8,11,16H,6,15H2,1-2H3. The SMILES string of the molecule is CC(C)C(CN)c1c[nH]c2cc(Cl)ccc12. The number of rotatable bonds is 3. The number of hydrogen-bond acceptors (Lipinski definition) is 1. The molecule has 0 amide bonds. The van der Waals surface area contributed by atoms with Crippen LogP contribution in [-0.2, 0) is 0 Å². The number of H-pyrrole nitrogens is 1. The predicted octanol–water partition coefficient (Wildman–Crippen LogP) is 3.52. The fourth-order valence-electron chi connectivity index (χ4n) is 2.19. The molecular weight excluding hydrogens is 220 g/mol. The van der Waals surface area contributed by atoms with E-state index in [-0.39, 0.29) is 0 Å². The molecule has 3 heteroatoms. The molecule has 1 heterocycles. The summed E-state index contributed by atoms with van der Waals surface area (Å²) >= 11 is 5.96. The van der Waals surface area contributed by atoms with Gasteiger partial charge in [0.2, 0.25) is 0 Å². The summed E-state index contributed by atoms with van der Waals surface area (Å²) in [4.78, 5) is 3.26. The molecule has 0 bridgehead atoms. The van der Waals surface area contributed by atoms with E-state index in [4.69, 9.17) is 17.3 Å². The minimum absolute atomic E-state index is 0.398. The van der Waals surface area contributed by atoms with Gasteiger partial charge in [0.15, 0.2) is 0 Å². The topological polar surface area (TPSA) is 41.8 Å². The van der Waals surface area contributed by atoms with Crippen LogP contribution in [0.4, 0.5) is 0 Å². The predicted molar refractivity (Wildman–Crippen MR) is 69.9 cm³/mol.